The van der Waals surface area contributed by atoms with Gasteiger partial charge in [-0.2, -0.15) is 5.10 Å². The number of benzene rings is 1. The number of nitrogens with one attached hydrogen (secondary N) is 1. The molecule has 0 aliphatic heterocycles. The lowest BCUT2D eigenvalue weighted by molar-refractivity contribution is -0.123. The first-order valence-electron chi connectivity index (χ1n) is 7.62. The lowest BCUT2D eigenvalue weighted by atomic mass is 9.90. The summed E-state index contributed by atoms with van der Waals surface area (Å²) >= 11 is 0. The monoisotopic (exact) mass is 286 g/mol. The fraction of sp³-hybridized carbons (Fsp3) is 0.529. The van der Waals surface area contributed by atoms with Crippen molar-refractivity contribution in [3.05, 3.63) is 29.8 Å². The highest BCUT2D eigenvalue weighted by Crippen LogP contribution is 2.66. The molecule has 0 unspecified atom stereocenters. The molecular weight excluding hydrogens is 264 g/mol. The van der Waals surface area contributed by atoms with E-state index < -0.39 is 0 Å². The number of amides is 1. The number of hydrogen-bond donors (Lipinski definition) is 1. The smallest absolute Gasteiger partial charge is 0.244 e. The second-order valence-electron chi connectivity index (χ2n) is 6.34. The fourth-order valence-electron chi connectivity index (χ4n) is 3.78. The van der Waals surface area contributed by atoms with Gasteiger partial charge in [0.2, 0.25) is 5.91 Å². The predicted octanol–water partition coefficient (Wildman–Crippen LogP) is 2.97. The van der Waals surface area contributed by atoms with Crippen LogP contribution in [0.15, 0.2) is 29.4 Å². The number of hydrazone groups is 1. The van der Waals surface area contributed by atoms with E-state index in [9.17, 15) is 4.79 Å². The second-order valence-corrected chi connectivity index (χ2v) is 6.34. The molecule has 0 heterocycles. The Morgan fingerprint density at radius 3 is 2.76 bits per heavy atom. The summed E-state index contributed by atoms with van der Waals surface area (Å²) in [4.78, 5) is 12.2. The number of ether oxygens (including phenoxy) is 1. The normalized spacial score (nSPS) is 30.8. The molecule has 1 aromatic rings. The Balaban J connectivity index is 1.55. The number of methoxy groups -OCH3 is 1. The Morgan fingerprint density at radius 2 is 2.14 bits per heavy atom. The summed E-state index contributed by atoms with van der Waals surface area (Å²) in [6.07, 6.45) is 6.56. The highest BCUT2D eigenvalue weighted by molar-refractivity contribution is 5.85. The van der Waals surface area contributed by atoms with Crippen LogP contribution < -0.4 is 10.2 Å². The van der Waals surface area contributed by atoms with Gasteiger partial charge in [0, 0.05) is 5.92 Å². The first-order chi connectivity index (χ1) is 10.1. The van der Waals surface area contributed by atoms with Crippen molar-refractivity contribution in [2.45, 2.75) is 32.6 Å². The summed E-state index contributed by atoms with van der Waals surface area (Å²) in [5.74, 6) is 1.62. The molecule has 1 aromatic carbocycles. The van der Waals surface area contributed by atoms with Crippen LogP contribution in [0.2, 0.25) is 0 Å². The highest BCUT2D eigenvalue weighted by Gasteiger charge is 2.64. The fourth-order valence-corrected chi connectivity index (χ4v) is 3.78. The molecule has 3 rings (SSSR count). The number of carbonyl (C=O) groups excluding carboxylic acids is 1. The molecule has 2 saturated carbocycles. The van der Waals surface area contributed by atoms with Crippen LogP contribution in [0.4, 0.5) is 0 Å². The molecule has 2 aliphatic rings. The van der Waals surface area contributed by atoms with E-state index in [1.807, 2.05) is 24.3 Å². The highest BCUT2D eigenvalue weighted by atomic mass is 16.5. The summed E-state index contributed by atoms with van der Waals surface area (Å²) < 4.78 is 5.10. The second kappa shape index (κ2) is 5.51. The molecule has 0 radical (unpaired) electrons. The van der Waals surface area contributed by atoms with E-state index in [0.717, 1.165) is 11.3 Å². The molecule has 0 bridgehead atoms. The van der Waals surface area contributed by atoms with E-state index in [1.54, 1.807) is 13.3 Å². The third kappa shape index (κ3) is 2.67. The van der Waals surface area contributed by atoms with Crippen molar-refractivity contribution in [1.82, 2.24) is 5.43 Å². The molecule has 0 spiro atoms. The SMILES string of the molecule is COc1ccc(/C=N\NC(=O)[C@@H]2[C@@H]3CCCC[C@@]23C)cc1. The largest absolute Gasteiger partial charge is 0.497 e. The van der Waals surface area contributed by atoms with Crippen molar-refractivity contribution < 1.29 is 9.53 Å². The molecule has 3 atom stereocenters. The third-order valence-electron chi connectivity index (χ3n) is 5.12. The average molecular weight is 286 g/mol. The van der Waals surface area contributed by atoms with Crippen molar-refractivity contribution in [2.75, 3.05) is 7.11 Å². The first-order valence-corrected chi connectivity index (χ1v) is 7.62. The maximum atomic E-state index is 12.2. The van der Waals surface area contributed by atoms with Crippen LogP contribution in [-0.4, -0.2) is 19.2 Å². The van der Waals surface area contributed by atoms with Gasteiger partial charge in [-0.1, -0.05) is 19.8 Å². The van der Waals surface area contributed by atoms with Gasteiger partial charge in [-0.15, -0.1) is 0 Å². The van der Waals surface area contributed by atoms with Gasteiger partial charge in [-0.25, -0.2) is 5.43 Å². The van der Waals surface area contributed by atoms with Crippen LogP contribution in [0, 0.1) is 17.3 Å². The third-order valence-corrected chi connectivity index (χ3v) is 5.12. The minimum atomic E-state index is 0.0779. The Bertz CT molecular complexity index is 552. The molecule has 0 aromatic heterocycles. The summed E-state index contributed by atoms with van der Waals surface area (Å²) in [5.41, 5.74) is 3.88. The van der Waals surface area contributed by atoms with E-state index in [4.69, 9.17) is 4.74 Å². The Hall–Kier alpha value is -1.84. The summed E-state index contributed by atoms with van der Waals surface area (Å²) in [7, 11) is 1.64. The van der Waals surface area contributed by atoms with Gasteiger partial charge in [-0.3, -0.25) is 4.79 Å². The van der Waals surface area contributed by atoms with Crippen molar-refractivity contribution >= 4 is 12.1 Å². The first kappa shape index (κ1) is 14.1. The van der Waals surface area contributed by atoms with Crippen LogP contribution in [0.1, 0.15) is 38.2 Å². The van der Waals surface area contributed by atoms with E-state index in [1.165, 1.54) is 25.7 Å². The zero-order valence-electron chi connectivity index (χ0n) is 12.6. The number of hydrogen-bond acceptors (Lipinski definition) is 3. The van der Waals surface area contributed by atoms with E-state index in [2.05, 4.69) is 17.5 Å². The zero-order valence-corrected chi connectivity index (χ0v) is 12.6. The minimum absolute atomic E-state index is 0.0779. The van der Waals surface area contributed by atoms with E-state index in [0.29, 0.717) is 5.92 Å². The van der Waals surface area contributed by atoms with Crippen LogP contribution in [0.5, 0.6) is 5.75 Å². The van der Waals surface area contributed by atoms with Crippen LogP contribution in [0.25, 0.3) is 0 Å². The lowest BCUT2D eigenvalue weighted by Crippen LogP contribution is -2.22. The van der Waals surface area contributed by atoms with Crippen molar-refractivity contribution in [3.63, 3.8) is 0 Å². The lowest BCUT2D eigenvalue weighted by Gasteiger charge is -2.15. The summed E-state index contributed by atoms with van der Waals surface area (Å²) in [5, 5.41) is 4.08. The summed E-state index contributed by atoms with van der Waals surface area (Å²) in [6, 6.07) is 7.57. The van der Waals surface area contributed by atoms with Gasteiger partial charge in [0.15, 0.2) is 0 Å². The van der Waals surface area contributed by atoms with Crippen molar-refractivity contribution in [1.29, 1.82) is 0 Å². The van der Waals surface area contributed by atoms with Crippen LogP contribution >= 0.6 is 0 Å². The molecule has 21 heavy (non-hydrogen) atoms. The minimum Gasteiger partial charge on any atom is -0.497 e. The molecule has 2 fully saturated rings. The topological polar surface area (TPSA) is 50.7 Å². The Morgan fingerprint density at radius 1 is 1.38 bits per heavy atom. The molecular formula is C17H22N2O2. The molecule has 0 saturated heterocycles. The Kier molecular flexibility index (Phi) is 3.70. The summed E-state index contributed by atoms with van der Waals surface area (Å²) in [6.45, 7) is 2.24. The quantitative estimate of drug-likeness (QED) is 0.683. The maximum absolute atomic E-state index is 12.2. The van der Waals surface area contributed by atoms with Crippen molar-refractivity contribution in [3.8, 4) is 5.75 Å². The molecule has 4 nitrogen and oxygen atoms in total. The van der Waals surface area contributed by atoms with Gasteiger partial charge < -0.3 is 4.74 Å². The number of carbonyl (C=O) groups is 1. The number of rotatable bonds is 4. The number of fused-ring (bicyclic) bond motifs is 1. The Labute approximate surface area is 125 Å². The number of nitrogens with zero attached hydrogens (tertiary/aromatic N) is 1. The van der Waals surface area contributed by atoms with Crippen LogP contribution in [0.3, 0.4) is 0 Å². The van der Waals surface area contributed by atoms with E-state index >= 15 is 0 Å². The van der Waals surface area contributed by atoms with Crippen LogP contribution in [-0.2, 0) is 4.79 Å². The van der Waals surface area contributed by atoms with Gasteiger partial charge >= 0.3 is 0 Å². The zero-order chi connectivity index (χ0) is 14.9. The van der Waals surface area contributed by atoms with Gasteiger partial charge in [0.1, 0.15) is 5.75 Å². The molecule has 1 amide bonds. The van der Waals surface area contributed by atoms with E-state index in [-0.39, 0.29) is 17.2 Å². The standard InChI is InChI=1S/C17H22N2O2/c1-17-10-4-3-5-14(17)15(17)16(20)19-18-11-12-6-8-13(21-2)9-7-12/h6-9,11,14-15H,3-5,10H2,1-2H3,(H,19,20)/b18-11-/t14-,15-,17+/m0/s1. The molecule has 4 heteroatoms. The van der Waals surface area contributed by atoms with Gasteiger partial charge in [0.05, 0.1) is 13.3 Å². The molecule has 112 valence electrons. The van der Waals surface area contributed by atoms with Crippen molar-refractivity contribution in [2.24, 2.45) is 22.4 Å². The average Bonchev–Trinajstić information content (AvgIpc) is 3.13. The van der Waals surface area contributed by atoms with Gasteiger partial charge in [-0.05, 0) is 54.0 Å². The van der Waals surface area contributed by atoms with Gasteiger partial charge in [0.25, 0.3) is 0 Å². The maximum Gasteiger partial charge on any atom is 0.244 e. The predicted molar refractivity (Wildman–Crippen MR) is 82.3 cm³/mol. The molecule has 2 aliphatic carbocycles. The molecule has 1 N–H and O–H groups in total.